The summed E-state index contributed by atoms with van der Waals surface area (Å²) in [4.78, 5) is 35.1. The van der Waals surface area contributed by atoms with E-state index >= 15 is 0 Å². The zero-order chi connectivity index (χ0) is 29.5. The average Bonchev–Trinajstić information content (AvgIpc) is 3.46. The number of methoxy groups -OCH3 is 1. The standard InChI is InChI=1S/C35H46N4O3/c1-25-36-30-12-8-9-13-31(30)39(25)29-22-27-14-15-28(23-29)38(27)21-18-35(26-10-6-5-7-11-26)16-19-37(20-17-35)33(41)34(2,3)24-32(40)42-4/h5-13,27-29H,14-24H2,1-4H3/t27-,28+,29+. The molecule has 3 atom stereocenters. The van der Waals surface area contributed by atoms with Gasteiger partial charge in [-0.1, -0.05) is 56.3 Å². The Balaban J connectivity index is 1.15. The summed E-state index contributed by atoms with van der Waals surface area (Å²) < 4.78 is 7.37. The number of para-hydroxylation sites is 2. The highest BCUT2D eigenvalue weighted by molar-refractivity contribution is 5.86. The molecule has 0 unspecified atom stereocenters. The van der Waals surface area contributed by atoms with Crippen LogP contribution in [0.15, 0.2) is 54.6 Å². The van der Waals surface area contributed by atoms with Gasteiger partial charge in [0.2, 0.25) is 5.91 Å². The number of carbonyl (C=O) groups excluding carboxylic acids is 2. The van der Waals surface area contributed by atoms with Gasteiger partial charge in [0, 0.05) is 31.2 Å². The van der Waals surface area contributed by atoms with Crippen molar-refractivity contribution in [3.05, 3.63) is 66.0 Å². The third kappa shape index (κ3) is 5.36. The molecule has 1 aromatic heterocycles. The summed E-state index contributed by atoms with van der Waals surface area (Å²) in [5.74, 6) is 0.851. The molecule has 3 aliphatic heterocycles. The van der Waals surface area contributed by atoms with Crippen LogP contribution in [0.25, 0.3) is 11.0 Å². The number of hydrogen-bond donors (Lipinski definition) is 0. The Hall–Kier alpha value is -3.19. The maximum Gasteiger partial charge on any atom is 0.306 e. The maximum absolute atomic E-state index is 13.5. The highest BCUT2D eigenvalue weighted by atomic mass is 16.5. The summed E-state index contributed by atoms with van der Waals surface area (Å²) >= 11 is 0. The van der Waals surface area contributed by atoms with E-state index < -0.39 is 5.41 Å². The molecule has 1 amide bonds. The lowest BCUT2D eigenvalue weighted by Gasteiger charge is -2.46. The second-order valence-corrected chi connectivity index (χ2v) is 13.6. The lowest BCUT2D eigenvalue weighted by Crippen LogP contribution is -2.51. The van der Waals surface area contributed by atoms with Crippen LogP contribution in [0.3, 0.4) is 0 Å². The van der Waals surface area contributed by atoms with Crippen LogP contribution in [0.4, 0.5) is 0 Å². The zero-order valence-corrected chi connectivity index (χ0v) is 25.7. The third-order valence-electron chi connectivity index (χ3n) is 10.6. The molecule has 3 aliphatic rings. The molecular weight excluding hydrogens is 524 g/mol. The molecule has 3 saturated heterocycles. The van der Waals surface area contributed by atoms with Crippen LogP contribution >= 0.6 is 0 Å². The summed E-state index contributed by atoms with van der Waals surface area (Å²) in [6, 6.07) is 21.3. The number of piperidine rings is 2. The fraction of sp³-hybridized carbons (Fsp3) is 0.571. The fourth-order valence-corrected chi connectivity index (χ4v) is 8.34. The van der Waals surface area contributed by atoms with E-state index in [2.05, 4.69) is 71.0 Å². The number of ether oxygens (including phenoxy) is 1. The molecule has 42 heavy (non-hydrogen) atoms. The molecule has 4 heterocycles. The van der Waals surface area contributed by atoms with E-state index in [9.17, 15) is 9.59 Å². The topological polar surface area (TPSA) is 67.7 Å². The number of imidazole rings is 1. The zero-order valence-electron chi connectivity index (χ0n) is 25.7. The molecule has 7 heteroatoms. The van der Waals surface area contributed by atoms with Crippen molar-refractivity contribution < 1.29 is 14.3 Å². The smallest absolute Gasteiger partial charge is 0.306 e. The molecule has 0 radical (unpaired) electrons. The Labute approximate surface area is 250 Å². The van der Waals surface area contributed by atoms with Crippen molar-refractivity contribution in [2.45, 2.75) is 95.7 Å². The Bertz CT molecular complexity index is 1410. The van der Waals surface area contributed by atoms with Crippen LogP contribution < -0.4 is 0 Å². The van der Waals surface area contributed by atoms with Gasteiger partial charge in [-0.3, -0.25) is 14.5 Å². The Morgan fingerprint density at radius 3 is 2.26 bits per heavy atom. The Morgan fingerprint density at radius 2 is 1.60 bits per heavy atom. The third-order valence-corrected chi connectivity index (χ3v) is 10.6. The number of likely N-dealkylation sites (tertiary alicyclic amines) is 1. The van der Waals surface area contributed by atoms with E-state index in [1.807, 2.05) is 18.7 Å². The molecule has 2 bridgehead atoms. The van der Waals surface area contributed by atoms with E-state index in [1.165, 1.54) is 43.9 Å². The van der Waals surface area contributed by atoms with Crippen molar-refractivity contribution in [2.24, 2.45) is 5.41 Å². The number of hydrogen-bond acceptors (Lipinski definition) is 5. The van der Waals surface area contributed by atoms with Crippen molar-refractivity contribution in [1.29, 1.82) is 0 Å². The summed E-state index contributed by atoms with van der Waals surface area (Å²) in [5, 5.41) is 0. The van der Waals surface area contributed by atoms with Crippen molar-refractivity contribution in [3.63, 3.8) is 0 Å². The number of fused-ring (bicyclic) bond motifs is 3. The van der Waals surface area contributed by atoms with Crippen LogP contribution in [0.5, 0.6) is 0 Å². The van der Waals surface area contributed by atoms with Gasteiger partial charge in [0.25, 0.3) is 0 Å². The number of benzene rings is 2. The van der Waals surface area contributed by atoms with Gasteiger partial charge >= 0.3 is 5.97 Å². The maximum atomic E-state index is 13.5. The van der Waals surface area contributed by atoms with Crippen molar-refractivity contribution in [2.75, 3.05) is 26.7 Å². The monoisotopic (exact) mass is 570 g/mol. The summed E-state index contributed by atoms with van der Waals surface area (Å²) in [6.07, 6.45) is 8.05. The van der Waals surface area contributed by atoms with Crippen LogP contribution in [0.2, 0.25) is 0 Å². The van der Waals surface area contributed by atoms with E-state index in [4.69, 9.17) is 9.72 Å². The minimum atomic E-state index is -0.762. The summed E-state index contributed by atoms with van der Waals surface area (Å²) in [5.41, 5.74) is 3.06. The quantitative estimate of drug-likeness (QED) is 0.309. The number of aryl methyl sites for hydroxylation is 1. The van der Waals surface area contributed by atoms with Gasteiger partial charge in [-0.2, -0.15) is 0 Å². The number of nitrogens with zero attached hydrogens (tertiary/aromatic N) is 4. The first-order valence-electron chi connectivity index (χ1n) is 15.8. The molecule has 0 aliphatic carbocycles. The van der Waals surface area contributed by atoms with E-state index in [1.54, 1.807) is 0 Å². The molecule has 7 nitrogen and oxygen atoms in total. The Kier molecular flexibility index (Phi) is 7.90. The lowest BCUT2D eigenvalue weighted by atomic mass is 9.70. The predicted octanol–water partition coefficient (Wildman–Crippen LogP) is 6.05. The molecule has 224 valence electrons. The van der Waals surface area contributed by atoms with Crippen molar-refractivity contribution in [3.8, 4) is 0 Å². The van der Waals surface area contributed by atoms with Crippen molar-refractivity contribution >= 4 is 22.9 Å². The van der Waals surface area contributed by atoms with Gasteiger partial charge in [0.1, 0.15) is 5.82 Å². The predicted molar refractivity (Wildman–Crippen MR) is 165 cm³/mol. The van der Waals surface area contributed by atoms with Crippen LogP contribution in [0.1, 0.15) is 82.6 Å². The van der Waals surface area contributed by atoms with Crippen molar-refractivity contribution in [1.82, 2.24) is 19.4 Å². The van der Waals surface area contributed by atoms with Gasteiger partial charge < -0.3 is 14.2 Å². The fourth-order valence-electron chi connectivity index (χ4n) is 8.34. The molecule has 3 fully saturated rings. The molecule has 0 spiro atoms. The first kappa shape index (κ1) is 28.9. The van der Waals surface area contributed by atoms with E-state index in [0.29, 0.717) is 18.1 Å². The molecule has 3 aromatic rings. The number of esters is 1. The second kappa shape index (κ2) is 11.5. The second-order valence-electron chi connectivity index (χ2n) is 13.6. The normalized spacial score (nSPS) is 24.2. The van der Waals surface area contributed by atoms with E-state index in [0.717, 1.165) is 50.2 Å². The van der Waals surface area contributed by atoms with Gasteiger partial charge in [-0.25, -0.2) is 4.98 Å². The summed E-state index contributed by atoms with van der Waals surface area (Å²) in [6.45, 7) is 8.42. The lowest BCUT2D eigenvalue weighted by molar-refractivity contribution is -0.151. The average molecular weight is 571 g/mol. The first-order chi connectivity index (χ1) is 20.2. The van der Waals surface area contributed by atoms with Gasteiger partial charge in [0.15, 0.2) is 0 Å². The molecular formula is C35H46N4O3. The Morgan fingerprint density at radius 1 is 0.952 bits per heavy atom. The molecule has 6 rings (SSSR count). The molecule has 0 N–H and O–H groups in total. The highest BCUT2D eigenvalue weighted by Gasteiger charge is 2.45. The molecule has 2 aromatic carbocycles. The minimum absolute atomic E-state index is 0.0528. The first-order valence-corrected chi connectivity index (χ1v) is 15.8. The number of amides is 1. The number of aromatic nitrogens is 2. The molecule has 0 saturated carbocycles. The van der Waals surface area contributed by atoms with Crippen LogP contribution in [0, 0.1) is 12.3 Å². The van der Waals surface area contributed by atoms with E-state index in [-0.39, 0.29) is 23.7 Å². The number of carbonyl (C=O) groups is 2. The van der Waals surface area contributed by atoms with Gasteiger partial charge in [-0.05, 0) is 81.5 Å². The highest BCUT2D eigenvalue weighted by Crippen LogP contribution is 2.45. The summed E-state index contributed by atoms with van der Waals surface area (Å²) in [7, 11) is 1.38. The number of rotatable bonds is 8. The SMILES string of the molecule is COC(=O)CC(C)(C)C(=O)N1CCC(CCN2[C@@H]3CC[C@H]2C[C@@H](n2c(C)nc4ccccc42)C3)(c2ccccc2)CC1. The van der Waals surface area contributed by atoms with Gasteiger partial charge in [0.05, 0.1) is 30.0 Å². The van der Waals surface area contributed by atoms with Crippen LogP contribution in [-0.2, 0) is 19.7 Å². The largest absolute Gasteiger partial charge is 0.469 e. The van der Waals surface area contributed by atoms with Gasteiger partial charge in [-0.15, -0.1) is 0 Å². The van der Waals surface area contributed by atoms with Crippen LogP contribution in [-0.4, -0.2) is 70.1 Å². The minimum Gasteiger partial charge on any atom is -0.469 e.